The molecule has 2 aromatic rings. The Morgan fingerprint density at radius 3 is 2.47 bits per heavy atom. The van der Waals surface area contributed by atoms with Gasteiger partial charge < -0.3 is 0 Å². The van der Waals surface area contributed by atoms with Crippen LogP contribution in [0.15, 0.2) is 18.2 Å². The van der Waals surface area contributed by atoms with E-state index < -0.39 is 0 Å². The van der Waals surface area contributed by atoms with Gasteiger partial charge in [-0.2, -0.15) is 5.10 Å². The molecule has 0 fully saturated rings. The monoisotopic (exact) mass is 316 g/mol. The Labute approximate surface area is 128 Å². The lowest BCUT2D eigenvalue weighted by atomic mass is 10.1. The van der Waals surface area contributed by atoms with Crippen molar-refractivity contribution < 1.29 is 0 Å². The van der Waals surface area contributed by atoms with Crippen molar-refractivity contribution >= 4 is 34.8 Å². The van der Waals surface area contributed by atoms with Crippen LogP contribution in [0.2, 0.25) is 10.0 Å². The van der Waals surface area contributed by atoms with Gasteiger partial charge in [-0.1, -0.05) is 29.3 Å². The maximum Gasteiger partial charge on any atom is 0.0677 e. The zero-order valence-corrected chi connectivity index (χ0v) is 13.3. The van der Waals surface area contributed by atoms with Crippen LogP contribution in [0.4, 0.5) is 0 Å². The minimum absolute atomic E-state index is 0.0468. The molecule has 0 aliphatic heterocycles. The topological polar surface area (TPSA) is 17.8 Å². The van der Waals surface area contributed by atoms with E-state index >= 15 is 0 Å². The van der Waals surface area contributed by atoms with Gasteiger partial charge in [-0.15, -0.1) is 11.6 Å². The van der Waals surface area contributed by atoms with Crippen LogP contribution in [-0.4, -0.2) is 9.78 Å². The van der Waals surface area contributed by atoms with Crippen LogP contribution >= 0.6 is 34.8 Å². The second-order valence-electron chi connectivity index (χ2n) is 4.59. The number of aromatic nitrogens is 2. The summed E-state index contributed by atoms with van der Waals surface area (Å²) in [7, 11) is 0. The largest absolute Gasteiger partial charge is 0.265 e. The predicted molar refractivity (Wildman–Crippen MR) is 81.5 cm³/mol. The summed E-state index contributed by atoms with van der Waals surface area (Å²) >= 11 is 18.3. The third kappa shape index (κ3) is 3.07. The summed E-state index contributed by atoms with van der Waals surface area (Å²) in [5.41, 5.74) is 4.12. The first-order valence-corrected chi connectivity index (χ1v) is 7.21. The highest BCUT2D eigenvalue weighted by Crippen LogP contribution is 2.28. The maximum atomic E-state index is 6.19. The van der Waals surface area contributed by atoms with Crippen LogP contribution in [0, 0.1) is 13.8 Å². The third-order valence-corrected chi connectivity index (χ3v) is 3.98. The highest BCUT2D eigenvalue weighted by Gasteiger charge is 2.16. The van der Waals surface area contributed by atoms with E-state index in [2.05, 4.69) is 5.10 Å². The molecule has 2 rings (SSSR count). The van der Waals surface area contributed by atoms with Gasteiger partial charge in [0, 0.05) is 21.3 Å². The highest BCUT2D eigenvalue weighted by molar-refractivity contribution is 6.35. The van der Waals surface area contributed by atoms with Gasteiger partial charge in [-0.05, 0) is 38.5 Å². The van der Waals surface area contributed by atoms with Crippen LogP contribution < -0.4 is 0 Å². The first kappa shape index (κ1) is 14.7. The average molecular weight is 318 g/mol. The number of hydrogen-bond acceptors (Lipinski definition) is 1. The molecule has 0 saturated carbocycles. The normalized spacial score (nSPS) is 12.7. The van der Waals surface area contributed by atoms with E-state index in [0.717, 1.165) is 22.5 Å². The van der Waals surface area contributed by atoms with Crippen molar-refractivity contribution in [2.24, 2.45) is 0 Å². The van der Waals surface area contributed by atoms with Gasteiger partial charge in [-0.3, -0.25) is 4.68 Å². The number of aryl methyl sites for hydroxylation is 1. The van der Waals surface area contributed by atoms with Crippen molar-refractivity contribution in [3.8, 4) is 0 Å². The van der Waals surface area contributed by atoms with Crippen LogP contribution in [0.1, 0.15) is 34.8 Å². The van der Waals surface area contributed by atoms with Gasteiger partial charge in [0.1, 0.15) is 0 Å². The molecule has 19 heavy (non-hydrogen) atoms. The van der Waals surface area contributed by atoms with E-state index in [1.165, 1.54) is 0 Å². The van der Waals surface area contributed by atoms with Gasteiger partial charge in [0.05, 0.1) is 17.6 Å². The molecule has 1 heterocycles. The Bertz CT molecular complexity index is 603. The standard InChI is InChI=1S/C14H15Cl3N2/c1-8(15)14-9(2)18-19(10(14)3)7-11-4-5-12(16)6-13(11)17/h4-6,8H,7H2,1-3H3. The van der Waals surface area contributed by atoms with Crippen molar-refractivity contribution in [3.05, 3.63) is 50.8 Å². The molecule has 0 bridgehead atoms. The second-order valence-corrected chi connectivity index (χ2v) is 6.09. The molecule has 0 aliphatic rings. The summed E-state index contributed by atoms with van der Waals surface area (Å²) in [6.45, 7) is 6.57. The number of halogens is 3. The zero-order valence-electron chi connectivity index (χ0n) is 11.0. The molecular formula is C14H15Cl3N2. The molecule has 2 nitrogen and oxygen atoms in total. The van der Waals surface area contributed by atoms with E-state index in [1.807, 2.05) is 37.6 Å². The fourth-order valence-electron chi connectivity index (χ4n) is 2.25. The molecule has 5 heteroatoms. The van der Waals surface area contributed by atoms with Gasteiger partial charge in [-0.25, -0.2) is 0 Å². The number of benzene rings is 1. The Kier molecular flexibility index (Phi) is 4.44. The Hall–Kier alpha value is -0.700. The highest BCUT2D eigenvalue weighted by atomic mass is 35.5. The Balaban J connectivity index is 2.36. The Morgan fingerprint density at radius 2 is 1.95 bits per heavy atom. The smallest absolute Gasteiger partial charge is 0.0677 e. The minimum Gasteiger partial charge on any atom is -0.265 e. The summed E-state index contributed by atoms with van der Waals surface area (Å²) in [5.74, 6) is 0. The van der Waals surface area contributed by atoms with Crippen LogP contribution in [-0.2, 0) is 6.54 Å². The molecule has 0 spiro atoms. The Morgan fingerprint density at radius 1 is 1.26 bits per heavy atom. The summed E-state index contributed by atoms with van der Waals surface area (Å²) in [6, 6.07) is 5.50. The van der Waals surface area contributed by atoms with E-state index in [1.54, 1.807) is 6.07 Å². The summed E-state index contributed by atoms with van der Waals surface area (Å²) in [4.78, 5) is 0. The lowest BCUT2D eigenvalue weighted by Crippen LogP contribution is -2.05. The number of alkyl halides is 1. The van der Waals surface area contributed by atoms with Gasteiger partial charge in [0.2, 0.25) is 0 Å². The van der Waals surface area contributed by atoms with Crippen LogP contribution in [0.3, 0.4) is 0 Å². The van der Waals surface area contributed by atoms with Crippen LogP contribution in [0.5, 0.6) is 0 Å². The first-order valence-electron chi connectivity index (χ1n) is 6.02. The predicted octanol–water partition coefficient (Wildman–Crippen LogP) is 5.15. The van der Waals surface area contributed by atoms with Crippen molar-refractivity contribution in [2.75, 3.05) is 0 Å². The lowest BCUT2D eigenvalue weighted by molar-refractivity contribution is 0.658. The molecule has 0 saturated heterocycles. The second kappa shape index (κ2) is 5.74. The molecule has 0 radical (unpaired) electrons. The van der Waals surface area contributed by atoms with Crippen molar-refractivity contribution in [1.82, 2.24) is 9.78 Å². The van der Waals surface area contributed by atoms with E-state index in [0.29, 0.717) is 16.6 Å². The van der Waals surface area contributed by atoms with E-state index in [-0.39, 0.29) is 5.38 Å². The molecule has 0 aliphatic carbocycles. The first-order chi connectivity index (χ1) is 8.90. The van der Waals surface area contributed by atoms with Crippen LogP contribution in [0.25, 0.3) is 0 Å². The molecule has 1 aromatic carbocycles. The molecular weight excluding hydrogens is 303 g/mol. The van der Waals surface area contributed by atoms with Crippen molar-refractivity contribution in [1.29, 1.82) is 0 Å². The fraction of sp³-hybridized carbons (Fsp3) is 0.357. The van der Waals surface area contributed by atoms with Crippen molar-refractivity contribution in [3.63, 3.8) is 0 Å². The number of hydrogen-bond donors (Lipinski definition) is 0. The molecule has 0 N–H and O–H groups in total. The third-order valence-electron chi connectivity index (χ3n) is 3.17. The quantitative estimate of drug-likeness (QED) is 0.715. The molecule has 1 unspecified atom stereocenters. The molecule has 102 valence electrons. The van der Waals surface area contributed by atoms with Crippen molar-refractivity contribution in [2.45, 2.75) is 32.7 Å². The van der Waals surface area contributed by atoms with E-state index in [9.17, 15) is 0 Å². The van der Waals surface area contributed by atoms with Gasteiger partial charge in [0.25, 0.3) is 0 Å². The average Bonchev–Trinajstić information content (AvgIpc) is 2.58. The molecule has 1 atom stereocenters. The SMILES string of the molecule is Cc1nn(Cc2ccc(Cl)cc2Cl)c(C)c1C(C)Cl. The van der Waals surface area contributed by atoms with E-state index in [4.69, 9.17) is 34.8 Å². The minimum atomic E-state index is -0.0468. The number of rotatable bonds is 3. The maximum absolute atomic E-state index is 6.19. The lowest BCUT2D eigenvalue weighted by Gasteiger charge is -2.08. The van der Waals surface area contributed by atoms with Gasteiger partial charge in [0.15, 0.2) is 0 Å². The van der Waals surface area contributed by atoms with Gasteiger partial charge >= 0.3 is 0 Å². The molecule has 1 aromatic heterocycles. The zero-order chi connectivity index (χ0) is 14.2. The summed E-state index contributed by atoms with van der Waals surface area (Å²) in [5, 5.41) is 5.77. The summed E-state index contributed by atoms with van der Waals surface area (Å²) < 4.78 is 1.93. The fourth-order valence-corrected chi connectivity index (χ4v) is 3.04. The number of nitrogens with zero attached hydrogens (tertiary/aromatic N) is 2. The molecule has 0 amide bonds. The summed E-state index contributed by atoms with van der Waals surface area (Å²) in [6.07, 6.45) is 0.